The molecule has 0 fully saturated rings. The van der Waals surface area contributed by atoms with Gasteiger partial charge < -0.3 is 14.4 Å². The second kappa shape index (κ2) is 12.5. The normalized spacial score (nSPS) is 15.2. The Morgan fingerprint density at radius 2 is 1.73 bits per heavy atom. The summed E-state index contributed by atoms with van der Waals surface area (Å²) in [6, 6.07) is 11.5. The van der Waals surface area contributed by atoms with E-state index in [1.807, 2.05) is 64.9 Å². The average molecular weight is 628 g/mol. The number of benzene rings is 2. The highest BCUT2D eigenvalue weighted by atomic mass is 32.2. The summed E-state index contributed by atoms with van der Waals surface area (Å²) in [5.74, 6) is 1.42. The number of anilines is 1. The van der Waals surface area contributed by atoms with E-state index >= 15 is 0 Å². The van der Waals surface area contributed by atoms with Crippen LogP contribution in [-0.2, 0) is 35.1 Å². The predicted molar refractivity (Wildman–Crippen MR) is 158 cm³/mol. The topological polar surface area (TPSA) is 112 Å². The molecule has 0 aliphatic carbocycles. The first kappa shape index (κ1) is 30.3. The van der Waals surface area contributed by atoms with Crippen LogP contribution in [0.3, 0.4) is 0 Å². The van der Waals surface area contributed by atoms with Crippen LogP contribution in [0.2, 0.25) is 0 Å². The molecule has 2 aromatic carbocycles. The van der Waals surface area contributed by atoms with Gasteiger partial charge in [0, 0.05) is 29.6 Å². The lowest BCUT2D eigenvalue weighted by Crippen LogP contribution is -2.37. The highest BCUT2D eigenvalue weighted by Crippen LogP contribution is 2.47. The first-order valence-electron chi connectivity index (χ1n) is 12.1. The molecule has 14 heteroatoms. The van der Waals surface area contributed by atoms with Gasteiger partial charge in [0.15, 0.2) is 6.54 Å². The third-order valence-electron chi connectivity index (χ3n) is 5.81. The van der Waals surface area contributed by atoms with E-state index in [4.69, 9.17) is 17.8 Å². The summed E-state index contributed by atoms with van der Waals surface area (Å²) in [7, 11) is -3.94. The van der Waals surface area contributed by atoms with Gasteiger partial charge in [-0.3, -0.25) is 8.37 Å². The Morgan fingerprint density at radius 1 is 1.00 bits per heavy atom. The molecular weight excluding hydrogens is 597 g/mol. The minimum absolute atomic E-state index is 0.00533. The van der Waals surface area contributed by atoms with Gasteiger partial charge >= 0.3 is 0 Å². The molecule has 0 unspecified atom stereocenters. The van der Waals surface area contributed by atoms with Gasteiger partial charge in [-0.25, -0.2) is 0 Å². The van der Waals surface area contributed by atoms with E-state index in [9.17, 15) is 16.8 Å². The third-order valence-corrected chi connectivity index (χ3v) is 9.27. The van der Waals surface area contributed by atoms with Crippen molar-refractivity contribution in [1.82, 2.24) is 0 Å². The first-order valence-corrected chi connectivity index (χ1v) is 17.4. The van der Waals surface area contributed by atoms with Crippen LogP contribution >= 0.6 is 23.1 Å². The molecular formula is C26H31N2O8S4+. The van der Waals surface area contributed by atoms with Crippen LogP contribution in [0.4, 0.5) is 5.69 Å². The summed E-state index contributed by atoms with van der Waals surface area (Å²) in [4.78, 5) is 3.02. The minimum Gasteiger partial charge on any atom is -0.497 e. The Bertz CT molecular complexity index is 1680. The maximum absolute atomic E-state index is 11.6. The Hall–Kier alpha value is -2.62. The molecule has 40 heavy (non-hydrogen) atoms. The number of methoxy groups -OCH3 is 2. The molecule has 1 aliphatic rings. The molecule has 1 aliphatic heterocycles. The molecule has 2 heterocycles. The SMILES string of the molecule is COc1ccc2c(c1)N(CCOS(C)(=O)=O)/C(=C/C(C)=C/c1sc3c(OC)cccc3[n+]1CCOS(C)(=O)=O)S2. The Morgan fingerprint density at radius 3 is 2.40 bits per heavy atom. The molecule has 0 spiro atoms. The number of thioether (sulfide) groups is 1. The highest BCUT2D eigenvalue weighted by Gasteiger charge is 2.27. The van der Waals surface area contributed by atoms with Crippen LogP contribution in [-0.4, -0.2) is 63.3 Å². The largest absolute Gasteiger partial charge is 0.497 e. The number of hydrogen-bond donors (Lipinski definition) is 0. The number of aromatic nitrogens is 1. The van der Waals surface area contributed by atoms with E-state index < -0.39 is 20.2 Å². The molecule has 3 aromatic rings. The zero-order chi connectivity index (χ0) is 29.1. The van der Waals surface area contributed by atoms with E-state index in [0.717, 1.165) is 54.7 Å². The molecule has 4 rings (SSSR count). The maximum atomic E-state index is 11.6. The molecule has 0 atom stereocenters. The molecule has 0 saturated carbocycles. The van der Waals surface area contributed by atoms with E-state index in [2.05, 4.69) is 0 Å². The summed E-state index contributed by atoms with van der Waals surface area (Å²) >= 11 is 3.10. The smallest absolute Gasteiger partial charge is 0.264 e. The van der Waals surface area contributed by atoms with Crippen LogP contribution in [0, 0.1) is 0 Å². The van der Waals surface area contributed by atoms with Crippen LogP contribution < -0.4 is 18.9 Å². The summed E-state index contributed by atoms with van der Waals surface area (Å²) in [5.41, 5.74) is 2.74. The van der Waals surface area contributed by atoms with Crippen LogP contribution in [0.1, 0.15) is 11.9 Å². The van der Waals surface area contributed by atoms with E-state index in [0.29, 0.717) is 18.8 Å². The zero-order valence-electron chi connectivity index (χ0n) is 22.7. The number of allylic oxidation sites excluding steroid dienone is 2. The lowest BCUT2D eigenvalue weighted by Gasteiger charge is -2.20. The van der Waals surface area contributed by atoms with Crippen molar-refractivity contribution in [2.24, 2.45) is 0 Å². The van der Waals surface area contributed by atoms with Crippen molar-refractivity contribution in [1.29, 1.82) is 0 Å². The summed E-state index contributed by atoms with van der Waals surface area (Å²) < 4.78 is 70.2. The van der Waals surface area contributed by atoms with Gasteiger partial charge in [-0.2, -0.15) is 21.4 Å². The lowest BCUT2D eigenvalue weighted by molar-refractivity contribution is -0.669. The molecule has 0 N–H and O–H groups in total. The van der Waals surface area contributed by atoms with Crippen molar-refractivity contribution in [3.05, 3.63) is 58.1 Å². The van der Waals surface area contributed by atoms with Crippen molar-refractivity contribution in [3.63, 3.8) is 0 Å². The lowest BCUT2D eigenvalue weighted by atomic mass is 10.2. The molecule has 216 valence electrons. The Labute approximate surface area is 243 Å². The highest BCUT2D eigenvalue weighted by molar-refractivity contribution is 8.03. The second-order valence-electron chi connectivity index (χ2n) is 8.91. The molecule has 10 nitrogen and oxygen atoms in total. The van der Waals surface area contributed by atoms with Gasteiger partial charge in [-0.15, -0.1) is 0 Å². The van der Waals surface area contributed by atoms with Crippen molar-refractivity contribution >= 4 is 65.3 Å². The number of ether oxygens (including phenoxy) is 2. The van der Waals surface area contributed by atoms with Crippen molar-refractivity contribution in [2.45, 2.75) is 18.4 Å². The number of hydrogen-bond acceptors (Lipinski definition) is 11. The van der Waals surface area contributed by atoms with Gasteiger partial charge in [-0.05, 0) is 36.8 Å². The van der Waals surface area contributed by atoms with Crippen molar-refractivity contribution in [2.75, 3.05) is 51.4 Å². The summed E-state index contributed by atoms with van der Waals surface area (Å²) in [5, 5.41) is 1.79. The van der Waals surface area contributed by atoms with E-state index in [1.54, 1.807) is 26.0 Å². The fourth-order valence-corrected chi connectivity index (χ4v) is 7.36. The number of nitrogens with zero attached hydrogens (tertiary/aromatic N) is 2. The maximum Gasteiger partial charge on any atom is 0.264 e. The predicted octanol–water partition coefficient (Wildman–Crippen LogP) is 4.02. The van der Waals surface area contributed by atoms with Gasteiger partial charge in [0.1, 0.15) is 22.8 Å². The Balaban J connectivity index is 1.70. The number of fused-ring (bicyclic) bond motifs is 2. The molecule has 0 bridgehead atoms. The van der Waals surface area contributed by atoms with Crippen LogP contribution in [0.25, 0.3) is 16.3 Å². The second-order valence-corrected chi connectivity index (χ2v) is 14.3. The standard InChI is InChI=1S/C26H31N2O8S4/c1-18(15-24-28(12-14-36-40(5,31)32)21-17-19(33-2)9-10-23(21)37-24)16-25-27(11-13-35-39(4,29)30)20-7-6-8-22(34-3)26(20)38-25/h6-10,15-17H,11-14H2,1-5H3/q+1. The molecule has 0 radical (unpaired) electrons. The van der Waals surface area contributed by atoms with Gasteiger partial charge in [0.05, 0.1) is 44.1 Å². The zero-order valence-corrected chi connectivity index (χ0v) is 26.0. The Kier molecular flexibility index (Phi) is 9.47. The van der Waals surface area contributed by atoms with E-state index in [1.165, 1.54) is 11.3 Å². The van der Waals surface area contributed by atoms with Gasteiger partial charge in [-0.1, -0.05) is 29.2 Å². The summed E-state index contributed by atoms with van der Waals surface area (Å²) in [6.45, 7) is 2.61. The quantitative estimate of drug-likeness (QED) is 0.216. The molecule has 0 saturated heterocycles. The molecule has 1 aromatic heterocycles. The molecule has 0 amide bonds. The fraction of sp³-hybridized carbons (Fsp3) is 0.346. The monoisotopic (exact) mass is 627 g/mol. The third kappa shape index (κ3) is 7.56. The van der Waals surface area contributed by atoms with Crippen molar-refractivity contribution < 1.29 is 39.2 Å². The number of rotatable bonds is 12. The minimum atomic E-state index is -3.58. The van der Waals surface area contributed by atoms with Crippen molar-refractivity contribution in [3.8, 4) is 11.5 Å². The van der Waals surface area contributed by atoms with Crippen LogP contribution in [0.5, 0.6) is 11.5 Å². The summed E-state index contributed by atoms with van der Waals surface area (Å²) in [6.07, 6.45) is 6.11. The van der Waals surface area contributed by atoms with Gasteiger partial charge in [0.2, 0.25) is 5.52 Å². The first-order chi connectivity index (χ1) is 18.9. The van der Waals surface area contributed by atoms with Crippen LogP contribution in [0.15, 0.2) is 58.0 Å². The fourth-order valence-electron chi connectivity index (χ4n) is 4.13. The number of thiazole rings is 1. The average Bonchev–Trinajstić information content (AvgIpc) is 3.39. The van der Waals surface area contributed by atoms with E-state index in [-0.39, 0.29) is 13.2 Å². The van der Waals surface area contributed by atoms with Gasteiger partial charge in [0.25, 0.3) is 25.2 Å².